The Morgan fingerprint density at radius 3 is 2.12 bits per heavy atom. The van der Waals surface area contributed by atoms with Crippen molar-refractivity contribution in [2.45, 2.75) is 44.9 Å². The Labute approximate surface area is 151 Å². The third kappa shape index (κ3) is 5.00. The molecule has 0 aromatic heterocycles. The van der Waals surface area contributed by atoms with E-state index < -0.39 is 29.5 Å². The Morgan fingerprint density at radius 1 is 1.04 bits per heavy atom. The van der Waals surface area contributed by atoms with Crippen molar-refractivity contribution in [1.29, 1.82) is 0 Å². The second-order valence-electron chi connectivity index (χ2n) is 7.15. The minimum Gasteiger partial charge on any atom is -0.480 e. The van der Waals surface area contributed by atoms with Crippen LogP contribution in [0.2, 0.25) is 0 Å². The number of para-hydroxylation sites is 1. The Balaban J connectivity index is 2.22. The number of carbonyl (C=O) groups is 1. The van der Waals surface area contributed by atoms with Gasteiger partial charge in [-0.2, -0.15) is 13.2 Å². The molecule has 6 heteroatoms. The van der Waals surface area contributed by atoms with Crippen molar-refractivity contribution >= 4 is 5.91 Å². The first-order valence-corrected chi connectivity index (χ1v) is 8.20. The van der Waals surface area contributed by atoms with E-state index in [1.165, 1.54) is 18.2 Å². The Kier molecular flexibility index (Phi) is 5.64. The molecule has 1 unspecified atom stereocenters. The van der Waals surface area contributed by atoms with Gasteiger partial charge in [0.15, 0.2) is 6.10 Å². The zero-order valence-electron chi connectivity index (χ0n) is 14.9. The van der Waals surface area contributed by atoms with Crippen LogP contribution in [0.3, 0.4) is 0 Å². The van der Waals surface area contributed by atoms with E-state index in [1.54, 1.807) is 0 Å². The maximum Gasteiger partial charge on any atom is 0.419 e. The lowest BCUT2D eigenvalue weighted by molar-refractivity contribution is -0.140. The smallest absolute Gasteiger partial charge is 0.419 e. The Bertz CT molecular complexity index is 762. The molecule has 0 aliphatic rings. The molecule has 26 heavy (non-hydrogen) atoms. The molecule has 2 rings (SSSR count). The van der Waals surface area contributed by atoms with Crippen molar-refractivity contribution in [3.8, 4) is 5.75 Å². The van der Waals surface area contributed by atoms with Crippen LogP contribution in [-0.2, 0) is 22.8 Å². The van der Waals surface area contributed by atoms with Crippen LogP contribution in [0.1, 0.15) is 37.5 Å². The second kappa shape index (κ2) is 7.40. The number of ether oxygens (including phenoxy) is 1. The van der Waals surface area contributed by atoms with Crippen molar-refractivity contribution < 1.29 is 22.7 Å². The number of hydrogen-bond donors (Lipinski definition) is 1. The molecule has 0 aliphatic carbocycles. The van der Waals surface area contributed by atoms with E-state index >= 15 is 0 Å². The van der Waals surface area contributed by atoms with Crippen LogP contribution >= 0.6 is 0 Å². The number of hydrogen-bond acceptors (Lipinski definition) is 2. The molecular formula is C20H22F3NO2. The summed E-state index contributed by atoms with van der Waals surface area (Å²) in [6.07, 6.45) is -5.68. The molecular weight excluding hydrogens is 343 g/mol. The van der Waals surface area contributed by atoms with Crippen molar-refractivity contribution in [1.82, 2.24) is 0 Å². The molecule has 0 aliphatic heterocycles. The summed E-state index contributed by atoms with van der Waals surface area (Å²) < 4.78 is 44.6. The summed E-state index contributed by atoms with van der Waals surface area (Å²) in [6.45, 7) is 6.22. The largest absolute Gasteiger partial charge is 0.480 e. The minimum atomic E-state index is -4.58. The van der Waals surface area contributed by atoms with Crippen molar-refractivity contribution in [2.75, 3.05) is 0 Å². The van der Waals surface area contributed by atoms with Crippen LogP contribution in [-0.4, -0.2) is 12.0 Å². The lowest BCUT2D eigenvalue weighted by atomic mass is 9.86. The molecule has 0 radical (unpaired) electrons. The molecule has 0 bridgehead atoms. The number of benzene rings is 2. The number of halogens is 3. The molecule has 0 heterocycles. The molecule has 140 valence electrons. The van der Waals surface area contributed by atoms with E-state index in [4.69, 9.17) is 10.5 Å². The summed E-state index contributed by atoms with van der Waals surface area (Å²) in [5.74, 6) is -1.23. The van der Waals surface area contributed by atoms with Gasteiger partial charge in [-0.3, -0.25) is 4.79 Å². The van der Waals surface area contributed by atoms with Crippen molar-refractivity contribution in [2.24, 2.45) is 5.73 Å². The van der Waals surface area contributed by atoms with Crippen molar-refractivity contribution in [3.63, 3.8) is 0 Å². The first-order chi connectivity index (χ1) is 12.0. The average Bonchev–Trinajstić information content (AvgIpc) is 2.53. The Morgan fingerprint density at radius 2 is 1.62 bits per heavy atom. The molecule has 0 fully saturated rings. The van der Waals surface area contributed by atoms with E-state index in [9.17, 15) is 18.0 Å². The van der Waals surface area contributed by atoms with E-state index in [0.717, 1.165) is 17.2 Å². The van der Waals surface area contributed by atoms with Gasteiger partial charge in [0.25, 0.3) is 5.91 Å². The molecule has 1 amide bonds. The highest BCUT2D eigenvalue weighted by atomic mass is 19.4. The third-order valence-electron chi connectivity index (χ3n) is 4.02. The quantitative estimate of drug-likeness (QED) is 0.849. The van der Waals surface area contributed by atoms with E-state index in [0.29, 0.717) is 0 Å². The van der Waals surface area contributed by atoms with Gasteiger partial charge in [0.1, 0.15) is 5.75 Å². The highest BCUT2D eigenvalue weighted by Gasteiger charge is 2.35. The highest BCUT2D eigenvalue weighted by Crippen LogP contribution is 2.36. The fraction of sp³-hybridized carbons (Fsp3) is 0.350. The average molecular weight is 365 g/mol. The number of primary amides is 1. The van der Waals surface area contributed by atoms with Crippen LogP contribution in [0.15, 0.2) is 48.5 Å². The standard InChI is InChI=1S/C20H22F3NO2/c1-19(2,3)14-10-8-13(9-11-14)12-17(18(24)25)26-16-7-5-4-6-15(16)20(21,22)23/h4-11,17H,12H2,1-3H3,(H2,24,25). The van der Waals surface area contributed by atoms with Crippen LogP contribution in [0.4, 0.5) is 13.2 Å². The molecule has 2 aromatic carbocycles. The number of rotatable bonds is 5. The summed E-state index contributed by atoms with van der Waals surface area (Å²) in [6, 6.07) is 12.3. The molecule has 2 N–H and O–H groups in total. The summed E-state index contributed by atoms with van der Waals surface area (Å²) in [5, 5.41) is 0. The van der Waals surface area contributed by atoms with Gasteiger partial charge in [0.2, 0.25) is 0 Å². The maximum atomic E-state index is 13.1. The second-order valence-corrected chi connectivity index (χ2v) is 7.15. The van der Waals surface area contributed by atoms with Gasteiger partial charge in [-0.1, -0.05) is 57.2 Å². The van der Waals surface area contributed by atoms with Crippen LogP contribution < -0.4 is 10.5 Å². The van der Waals surface area contributed by atoms with E-state index in [1.807, 2.05) is 24.3 Å². The molecule has 0 saturated heterocycles. The number of carbonyl (C=O) groups excluding carboxylic acids is 1. The zero-order chi connectivity index (χ0) is 19.5. The summed E-state index contributed by atoms with van der Waals surface area (Å²) >= 11 is 0. The molecule has 1 atom stereocenters. The Hall–Kier alpha value is -2.50. The minimum absolute atomic E-state index is 0.0240. The van der Waals surface area contributed by atoms with E-state index in [2.05, 4.69) is 20.8 Å². The monoisotopic (exact) mass is 365 g/mol. The van der Waals surface area contributed by atoms with Gasteiger partial charge in [0.05, 0.1) is 5.56 Å². The van der Waals surface area contributed by atoms with Gasteiger partial charge in [-0.05, 0) is 28.7 Å². The first-order valence-electron chi connectivity index (χ1n) is 8.20. The number of amides is 1. The van der Waals surface area contributed by atoms with Gasteiger partial charge < -0.3 is 10.5 Å². The van der Waals surface area contributed by atoms with Gasteiger partial charge in [-0.25, -0.2) is 0 Å². The summed E-state index contributed by atoms with van der Waals surface area (Å²) in [4.78, 5) is 11.7. The van der Waals surface area contributed by atoms with E-state index in [-0.39, 0.29) is 11.8 Å². The summed E-state index contributed by atoms with van der Waals surface area (Å²) in [5.41, 5.74) is 6.25. The molecule has 3 nitrogen and oxygen atoms in total. The van der Waals surface area contributed by atoms with Crippen LogP contribution in [0, 0.1) is 0 Å². The first kappa shape index (κ1) is 19.8. The maximum absolute atomic E-state index is 13.1. The fourth-order valence-corrected chi connectivity index (χ4v) is 2.51. The van der Waals surface area contributed by atoms with Crippen molar-refractivity contribution in [3.05, 3.63) is 65.2 Å². The third-order valence-corrected chi connectivity index (χ3v) is 4.02. The summed E-state index contributed by atoms with van der Waals surface area (Å²) in [7, 11) is 0. The zero-order valence-corrected chi connectivity index (χ0v) is 14.9. The van der Waals surface area contributed by atoms with Gasteiger partial charge in [0, 0.05) is 6.42 Å². The normalized spacial score (nSPS) is 13.3. The predicted octanol–water partition coefficient (Wildman–Crippen LogP) is 4.48. The topological polar surface area (TPSA) is 52.3 Å². The van der Waals surface area contributed by atoms with Crippen LogP contribution in [0.5, 0.6) is 5.75 Å². The number of alkyl halides is 3. The highest BCUT2D eigenvalue weighted by molar-refractivity contribution is 5.79. The molecule has 0 spiro atoms. The van der Waals surface area contributed by atoms with Crippen LogP contribution in [0.25, 0.3) is 0 Å². The molecule has 0 saturated carbocycles. The predicted molar refractivity (Wildman–Crippen MR) is 93.9 cm³/mol. The number of nitrogens with two attached hydrogens (primary N) is 1. The van der Waals surface area contributed by atoms with Gasteiger partial charge in [-0.15, -0.1) is 0 Å². The lowest BCUT2D eigenvalue weighted by Gasteiger charge is -2.21. The fourth-order valence-electron chi connectivity index (χ4n) is 2.51. The lowest BCUT2D eigenvalue weighted by Crippen LogP contribution is -2.36. The SMILES string of the molecule is CC(C)(C)c1ccc(CC(Oc2ccccc2C(F)(F)F)C(N)=O)cc1. The molecule has 2 aromatic rings. The van der Waals surface area contributed by atoms with Gasteiger partial charge >= 0.3 is 6.18 Å².